The van der Waals surface area contributed by atoms with Crippen LogP contribution in [0.4, 0.5) is 0 Å². The summed E-state index contributed by atoms with van der Waals surface area (Å²) >= 11 is 0. The van der Waals surface area contributed by atoms with E-state index in [1.165, 1.54) is 0 Å². The second-order valence-corrected chi connectivity index (χ2v) is 7.64. The summed E-state index contributed by atoms with van der Waals surface area (Å²) in [6.45, 7) is 0. The molecule has 5 aromatic rings. The molecule has 0 atom stereocenters. The van der Waals surface area contributed by atoms with E-state index in [1.807, 2.05) is 78.9 Å². The molecule has 5 nitrogen and oxygen atoms in total. The van der Waals surface area contributed by atoms with Crippen LogP contribution >= 0.6 is 0 Å². The molecule has 0 aliphatic heterocycles. The number of nitrogens with zero attached hydrogens (tertiary/aromatic N) is 5. The van der Waals surface area contributed by atoms with Gasteiger partial charge in [-0.2, -0.15) is 0 Å². The molecule has 0 N–H and O–H groups in total. The van der Waals surface area contributed by atoms with Gasteiger partial charge in [0.2, 0.25) is 0 Å². The van der Waals surface area contributed by atoms with Gasteiger partial charge in [-0.1, -0.05) is 36.1 Å². The van der Waals surface area contributed by atoms with Crippen LogP contribution in [-0.2, 0) is 0 Å². The average Bonchev–Trinajstić information content (AvgIpc) is 2.99. The summed E-state index contributed by atoms with van der Waals surface area (Å²) in [6, 6.07) is 24.1. The van der Waals surface area contributed by atoms with Crippen LogP contribution in [0.25, 0.3) is 0 Å². The molecule has 5 heteroatoms. The molecule has 0 amide bonds. The summed E-state index contributed by atoms with van der Waals surface area (Å²) in [7, 11) is 0. The number of hydrogen-bond acceptors (Lipinski definition) is 5. The predicted molar refractivity (Wildman–Crippen MR) is 145 cm³/mol. The van der Waals surface area contributed by atoms with E-state index in [9.17, 15) is 0 Å². The van der Waals surface area contributed by atoms with Gasteiger partial charge in [-0.3, -0.25) is 0 Å². The Kier molecular flexibility index (Phi) is 7.55. The third kappa shape index (κ3) is 6.56. The maximum atomic E-state index is 4.78. The maximum Gasteiger partial charge on any atom is 0.130 e. The van der Waals surface area contributed by atoms with Crippen LogP contribution in [0.5, 0.6) is 0 Å². The van der Waals surface area contributed by atoms with E-state index in [1.54, 1.807) is 24.8 Å². The van der Waals surface area contributed by atoms with Gasteiger partial charge in [0, 0.05) is 24.8 Å². The smallest absolute Gasteiger partial charge is 0.130 e. The minimum Gasteiger partial charge on any atom is -0.248 e. The highest BCUT2D eigenvalue weighted by Crippen LogP contribution is 2.13. The third-order valence-corrected chi connectivity index (χ3v) is 4.95. The lowest BCUT2D eigenvalue weighted by Crippen LogP contribution is -1.99. The van der Waals surface area contributed by atoms with Gasteiger partial charge in [0.1, 0.15) is 34.2 Å². The van der Waals surface area contributed by atoms with Crippen molar-refractivity contribution in [2.24, 2.45) is 0 Å². The summed E-state index contributed by atoms with van der Waals surface area (Å²) in [4.78, 5) is 21.9. The Hall–Kier alpha value is -6.01. The molecular weight excluding hydrogens is 466 g/mol. The Bertz CT molecular complexity index is 1530. The van der Waals surface area contributed by atoms with E-state index in [-0.39, 0.29) is 0 Å². The van der Waals surface area contributed by atoms with Gasteiger partial charge in [0.25, 0.3) is 0 Å². The molecule has 38 heavy (non-hydrogen) atoms. The van der Waals surface area contributed by atoms with Crippen molar-refractivity contribution < 1.29 is 0 Å². The fraction of sp³-hybridized carbons (Fsp3) is 0. The van der Waals surface area contributed by atoms with E-state index in [0.717, 1.165) is 0 Å². The summed E-state index contributed by atoms with van der Waals surface area (Å²) in [5.41, 5.74) is 4.66. The fourth-order valence-corrected chi connectivity index (χ4v) is 3.15. The second-order valence-electron chi connectivity index (χ2n) is 7.64. The first-order chi connectivity index (χ1) is 18.8. The summed E-state index contributed by atoms with van der Waals surface area (Å²) in [6.07, 6.45) is 6.78. The first-order valence-corrected chi connectivity index (χ1v) is 11.6. The summed E-state index contributed by atoms with van der Waals surface area (Å²) in [5, 5.41) is 0. The molecule has 0 aliphatic carbocycles. The van der Waals surface area contributed by atoms with Crippen LogP contribution in [0.2, 0.25) is 0 Å². The molecule has 0 saturated carbocycles. The fourth-order valence-electron chi connectivity index (χ4n) is 3.15. The van der Waals surface area contributed by atoms with Crippen molar-refractivity contribution in [3.63, 3.8) is 0 Å². The molecular formula is C33H17N5. The average molecular weight is 484 g/mol. The number of hydrogen-bond donors (Lipinski definition) is 0. The first kappa shape index (κ1) is 23.7. The lowest BCUT2D eigenvalue weighted by molar-refractivity contribution is 1.22. The van der Waals surface area contributed by atoms with E-state index in [2.05, 4.69) is 67.3 Å². The molecule has 0 spiro atoms. The minimum atomic E-state index is 0.466. The predicted octanol–water partition coefficient (Wildman–Crippen LogP) is 4.26. The van der Waals surface area contributed by atoms with E-state index >= 15 is 0 Å². The third-order valence-electron chi connectivity index (χ3n) is 4.95. The zero-order valence-electron chi connectivity index (χ0n) is 20.1. The van der Waals surface area contributed by atoms with Crippen LogP contribution in [-0.4, -0.2) is 24.9 Å². The Balaban J connectivity index is 1.67. The topological polar surface area (TPSA) is 64.5 Å². The molecule has 0 radical (unpaired) electrons. The number of aromatic nitrogens is 5. The highest BCUT2D eigenvalue weighted by Gasteiger charge is 2.08. The molecule has 0 unspecified atom stereocenters. The Morgan fingerprint density at radius 1 is 0.368 bits per heavy atom. The van der Waals surface area contributed by atoms with Crippen molar-refractivity contribution in [1.82, 2.24) is 24.9 Å². The van der Waals surface area contributed by atoms with Crippen molar-refractivity contribution in [3.8, 4) is 47.4 Å². The molecule has 0 aromatic carbocycles. The SMILES string of the molecule is C(#Cc1cc(C#Cc2ccccn2)c(C#Cc2ccccn2)nc1C#Cc1ccccn1)c1ccccn1. The van der Waals surface area contributed by atoms with Gasteiger partial charge in [0.15, 0.2) is 0 Å². The van der Waals surface area contributed by atoms with Crippen LogP contribution < -0.4 is 0 Å². The van der Waals surface area contributed by atoms with Crippen molar-refractivity contribution in [2.45, 2.75) is 0 Å². The lowest BCUT2D eigenvalue weighted by atomic mass is 10.1. The van der Waals surface area contributed by atoms with E-state index in [0.29, 0.717) is 45.3 Å². The molecule has 0 bridgehead atoms. The highest BCUT2D eigenvalue weighted by atomic mass is 14.7. The standard InChI is InChI=1S/C33H17N5/c1-5-21-34-28(9-1)15-13-26-25-27(14-16-29-10-2-6-22-35-29)33(20-18-31-12-4-8-24-37-31)38-32(26)19-17-30-11-3-7-23-36-30/h1-12,21-25H. The van der Waals surface area contributed by atoms with Gasteiger partial charge in [0.05, 0.1) is 11.1 Å². The van der Waals surface area contributed by atoms with Gasteiger partial charge in [-0.15, -0.1) is 0 Å². The van der Waals surface area contributed by atoms with Gasteiger partial charge < -0.3 is 0 Å². The number of pyridine rings is 5. The first-order valence-electron chi connectivity index (χ1n) is 11.6. The van der Waals surface area contributed by atoms with E-state index < -0.39 is 0 Å². The highest BCUT2D eigenvalue weighted by molar-refractivity contribution is 5.59. The Morgan fingerprint density at radius 3 is 1.03 bits per heavy atom. The van der Waals surface area contributed by atoms with E-state index in [4.69, 9.17) is 4.98 Å². The summed E-state index contributed by atoms with van der Waals surface area (Å²) in [5.74, 6) is 24.9. The lowest BCUT2D eigenvalue weighted by Gasteiger charge is -2.02. The second kappa shape index (κ2) is 12.1. The number of rotatable bonds is 0. The molecule has 5 rings (SSSR count). The quantitative estimate of drug-likeness (QED) is 0.308. The van der Waals surface area contributed by atoms with Crippen molar-refractivity contribution in [2.75, 3.05) is 0 Å². The molecule has 174 valence electrons. The zero-order valence-corrected chi connectivity index (χ0v) is 20.1. The van der Waals surface area contributed by atoms with Crippen molar-refractivity contribution >= 4 is 0 Å². The van der Waals surface area contributed by atoms with Crippen LogP contribution in [0.1, 0.15) is 45.3 Å². The van der Waals surface area contributed by atoms with Crippen molar-refractivity contribution in [1.29, 1.82) is 0 Å². The summed E-state index contributed by atoms with van der Waals surface area (Å²) < 4.78 is 0. The van der Waals surface area contributed by atoms with Crippen LogP contribution in [0.3, 0.4) is 0 Å². The van der Waals surface area contributed by atoms with Crippen LogP contribution in [0.15, 0.2) is 104 Å². The Labute approximate surface area is 221 Å². The van der Waals surface area contributed by atoms with Crippen molar-refractivity contribution in [3.05, 3.63) is 149 Å². The normalized spacial score (nSPS) is 9.26. The van der Waals surface area contributed by atoms with Crippen LogP contribution in [0, 0.1) is 47.4 Å². The largest absolute Gasteiger partial charge is 0.248 e. The zero-order chi connectivity index (χ0) is 25.8. The molecule has 5 heterocycles. The molecule has 0 fully saturated rings. The molecule has 5 aromatic heterocycles. The Morgan fingerprint density at radius 2 is 0.711 bits per heavy atom. The molecule has 0 aliphatic rings. The molecule has 0 saturated heterocycles. The monoisotopic (exact) mass is 483 g/mol. The van der Waals surface area contributed by atoms with Gasteiger partial charge >= 0.3 is 0 Å². The minimum absolute atomic E-state index is 0.466. The van der Waals surface area contributed by atoms with Gasteiger partial charge in [-0.05, 0) is 90.1 Å². The van der Waals surface area contributed by atoms with Gasteiger partial charge in [-0.25, -0.2) is 24.9 Å². The maximum absolute atomic E-state index is 4.78.